The van der Waals surface area contributed by atoms with Crippen molar-refractivity contribution in [1.82, 2.24) is 0 Å². The lowest BCUT2D eigenvalue weighted by Crippen LogP contribution is -2.33. The molecule has 3 rings (SSSR count). The second-order valence-electron chi connectivity index (χ2n) is 5.32. The summed E-state index contributed by atoms with van der Waals surface area (Å²) in [5.41, 5.74) is 10.3. The fourth-order valence-corrected chi connectivity index (χ4v) is 2.44. The Kier molecular flexibility index (Phi) is 4.39. The van der Waals surface area contributed by atoms with Crippen molar-refractivity contribution < 1.29 is 0 Å². The zero-order valence-electron chi connectivity index (χ0n) is 13.1. The number of hydrogen-bond donors (Lipinski definition) is 1. The van der Waals surface area contributed by atoms with E-state index in [4.69, 9.17) is 5.73 Å². The lowest BCUT2D eigenvalue weighted by atomic mass is 10.2. The Morgan fingerprint density at radius 1 is 0.783 bits per heavy atom. The largest absolute Gasteiger partial charge is 0.369 e. The van der Waals surface area contributed by atoms with Gasteiger partial charge >= 0.3 is 0 Å². The summed E-state index contributed by atoms with van der Waals surface area (Å²) in [7, 11) is 0. The Morgan fingerprint density at radius 3 is 2.04 bits per heavy atom. The number of rotatable bonds is 3. The predicted octanol–water partition coefficient (Wildman–Crippen LogP) is 4.78. The zero-order chi connectivity index (χ0) is 16.1. The number of benzene rings is 3. The third-order valence-electron chi connectivity index (χ3n) is 3.50. The first-order chi connectivity index (χ1) is 11.2. The molecule has 3 nitrogen and oxygen atoms in total. The van der Waals surface area contributed by atoms with Crippen molar-refractivity contribution in [1.29, 1.82) is 0 Å². The summed E-state index contributed by atoms with van der Waals surface area (Å²) >= 11 is 0. The predicted molar refractivity (Wildman–Crippen MR) is 97.5 cm³/mol. The summed E-state index contributed by atoms with van der Waals surface area (Å²) in [6, 6.07) is 28.0. The molecule has 0 aliphatic carbocycles. The molecule has 0 saturated heterocycles. The summed E-state index contributed by atoms with van der Waals surface area (Å²) in [6.07, 6.45) is 0. The topological polar surface area (TPSA) is 41.6 Å². The van der Waals surface area contributed by atoms with Crippen LogP contribution in [-0.4, -0.2) is 5.96 Å². The Bertz CT molecular complexity index is 795. The molecular formula is C20H19N3. The van der Waals surface area contributed by atoms with Gasteiger partial charge < -0.3 is 5.73 Å². The van der Waals surface area contributed by atoms with Gasteiger partial charge in [-0.2, -0.15) is 0 Å². The quantitative estimate of drug-likeness (QED) is 0.559. The molecule has 3 aromatic rings. The van der Waals surface area contributed by atoms with Crippen LogP contribution in [0.5, 0.6) is 0 Å². The van der Waals surface area contributed by atoms with E-state index in [1.807, 2.05) is 77.7 Å². The van der Waals surface area contributed by atoms with Crippen LogP contribution in [0.4, 0.5) is 17.1 Å². The van der Waals surface area contributed by atoms with Crippen molar-refractivity contribution in [2.75, 3.05) is 4.90 Å². The van der Waals surface area contributed by atoms with Crippen LogP contribution in [0.3, 0.4) is 0 Å². The third-order valence-corrected chi connectivity index (χ3v) is 3.50. The van der Waals surface area contributed by atoms with Crippen LogP contribution in [0.2, 0.25) is 0 Å². The molecule has 0 aromatic heterocycles. The van der Waals surface area contributed by atoms with Crippen LogP contribution in [0, 0.1) is 6.92 Å². The summed E-state index contributed by atoms with van der Waals surface area (Å²) in [6.45, 7) is 2.07. The number of hydrogen-bond acceptors (Lipinski definition) is 1. The highest BCUT2D eigenvalue weighted by Crippen LogP contribution is 2.26. The van der Waals surface area contributed by atoms with Crippen LogP contribution >= 0.6 is 0 Å². The number of nitrogens with zero attached hydrogens (tertiary/aromatic N) is 2. The van der Waals surface area contributed by atoms with Gasteiger partial charge in [0.1, 0.15) is 0 Å². The molecule has 3 heteroatoms. The zero-order valence-corrected chi connectivity index (χ0v) is 13.1. The normalized spacial score (nSPS) is 11.3. The van der Waals surface area contributed by atoms with E-state index in [1.165, 1.54) is 5.56 Å². The highest BCUT2D eigenvalue weighted by atomic mass is 15.3. The number of para-hydroxylation sites is 2. The molecule has 0 heterocycles. The molecule has 0 atom stereocenters. The smallest absolute Gasteiger partial charge is 0.205 e. The van der Waals surface area contributed by atoms with Crippen molar-refractivity contribution in [3.8, 4) is 0 Å². The summed E-state index contributed by atoms with van der Waals surface area (Å²) < 4.78 is 0. The minimum Gasteiger partial charge on any atom is -0.369 e. The van der Waals surface area contributed by atoms with Gasteiger partial charge in [0.05, 0.1) is 5.69 Å². The summed E-state index contributed by atoms with van der Waals surface area (Å²) in [5.74, 6) is 0.438. The molecule has 2 N–H and O–H groups in total. The number of nitrogens with two attached hydrogens (primary N) is 1. The Morgan fingerprint density at radius 2 is 1.39 bits per heavy atom. The van der Waals surface area contributed by atoms with E-state index in [2.05, 4.69) is 24.0 Å². The molecule has 23 heavy (non-hydrogen) atoms. The van der Waals surface area contributed by atoms with E-state index >= 15 is 0 Å². The minimum atomic E-state index is 0.438. The van der Waals surface area contributed by atoms with E-state index < -0.39 is 0 Å². The van der Waals surface area contributed by atoms with Crippen LogP contribution < -0.4 is 10.6 Å². The summed E-state index contributed by atoms with van der Waals surface area (Å²) in [4.78, 5) is 6.52. The van der Waals surface area contributed by atoms with E-state index in [9.17, 15) is 0 Å². The van der Waals surface area contributed by atoms with Crippen molar-refractivity contribution in [2.24, 2.45) is 10.7 Å². The van der Waals surface area contributed by atoms with Gasteiger partial charge in [-0.1, -0.05) is 48.5 Å². The second-order valence-corrected chi connectivity index (χ2v) is 5.32. The lowest BCUT2D eigenvalue weighted by Gasteiger charge is -2.24. The number of aliphatic imine (C=N–C) groups is 1. The van der Waals surface area contributed by atoms with Gasteiger partial charge in [0, 0.05) is 11.4 Å². The van der Waals surface area contributed by atoms with E-state index in [0.29, 0.717) is 5.96 Å². The first-order valence-corrected chi connectivity index (χ1v) is 7.55. The van der Waals surface area contributed by atoms with Crippen molar-refractivity contribution in [3.05, 3.63) is 90.5 Å². The van der Waals surface area contributed by atoms with E-state index in [1.54, 1.807) is 0 Å². The molecule has 3 aromatic carbocycles. The molecule has 0 radical (unpaired) electrons. The average molecular weight is 301 g/mol. The number of aryl methyl sites for hydroxylation is 1. The van der Waals surface area contributed by atoms with Crippen molar-refractivity contribution >= 4 is 23.0 Å². The standard InChI is InChI=1S/C20H19N3/c1-16-9-8-14-19(15-16)23(18-12-6-3-7-13-18)20(21)22-17-10-4-2-5-11-17/h2-15H,1H3,(H2,21,22). The third kappa shape index (κ3) is 3.58. The van der Waals surface area contributed by atoms with Crippen LogP contribution in [0.1, 0.15) is 5.56 Å². The first-order valence-electron chi connectivity index (χ1n) is 7.55. The lowest BCUT2D eigenvalue weighted by molar-refractivity contribution is 1.27. The van der Waals surface area contributed by atoms with Gasteiger partial charge in [-0.15, -0.1) is 0 Å². The summed E-state index contributed by atoms with van der Waals surface area (Å²) in [5, 5.41) is 0. The molecular weight excluding hydrogens is 282 g/mol. The SMILES string of the molecule is Cc1cccc(N(C(N)=Nc2ccccc2)c2ccccc2)c1. The minimum absolute atomic E-state index is 0.438. The fraction of sp³-hybridized carbons (Fsp3) is 0.0500. The van der Waals surface area contributed by atoms with Crippen molar-refractivity contribution in [2.45, 2.75) is 6.92 Å². The van der Waals surface area contributed by atoms with Crippen LogP contribution in [0.25, 0.3) is 0 Å². The Balaban J connectivity index is 2.07. The Labute approximate surface area is 136 Å². The molecule has 0 bridgehead atoms. The van der Waals surface area contributed by atoms with Gasteiger partial charge in [-0.3, -0.25) is 4.90 Å². The number of guanidine groups is 1. The molecule has 0 saturated carbocycles. The van der Waals surface area contributed by atoms with Gasteiger partial charge in [0.15, 0.2) is 0 Å². The molecule has 0 aliphatic rings. The molecule has 0 spiro atoms. The van der Waals surface area contributed by atoms with E-state index in [-0.39, 0.29) is 0 Å². The maximum atomic E-state index is 6.34. The fourth-order valence-electron chi connectivity index (χ4n) is 2.44. The monoisotopic (exact) mass is 301 g/mol. The average Bonchev–Trinajstić information content (AvgIpc) is 2.57. The van der Waals surface area contributed by atoms with Crippen molar-refractivity contribution in [3.63, 3.8) is 0 Å². The number of anilines is 2. The van der Waals surface area contributed by atoms with Gasteiger partial charge in [-0.25, -0.2) is 4.99 Å². The van der Waals surface area contributed by atoms with Gasteiger partial charge in [-0.05, 0) is 48.9 Å². The Hall–Kier alpha value is -3.07. The highest BCUT2D eigenvalue weighted by Gasteiger charge is 2.13. The maximum Gasteiger partial charge on any atom is 0.205 e. The first kappa shape index (κ1) is 14.9. The maximum absolute atomic E-state index is 6.34. The van der Waals surface area contributed by atoms with Gasteiger partial charge in [0.2, 0.25) is 5.96 Å². The second kappa shape index (κ2) is 6.79. The molecule has 0 amide bonds. The molecule has 0 fully saturated rings. The highest BCUT2D eigenvalue weighted by molar-refractivity contribution is 6.02. The van der Waals surface area contributed by atoms with E-state index in [0.717, 1.165) is 17.1 Å². The van der Waals surface area contributed by atoms with Crippen LogP contribution in [0.15, 0.2) is 89.9 Å². The van der Waals surface area contributed by atoms with Crippen LogP contribution in [-0.2, 0) is 0 Å². The van der Waals surface area contributed by atoms with Gasteiger partial charge in [0.25, 0.3) is 0 Å². The molecule has 114 valence electrons. The molecule has 0 aliphatic heterocycles. The molecule has 0 unspecified atom stereocenters.